The van der Waals surface area contributed by atoms with Crippen LogP contribution in [0.25, 0.3) is 0 Å². The summed E-state index contributed by atoms with van der Waals surface area (Å²) in [5.41, 5.74) is 6.75. The first kappa shape index (κ1) is 12.2. The van der Waals surface area contributed by atoms with Crippen molar-refractivity contribution in [1.82, 2.24) is 5.32 Å². The van der Waals surface area contributed by atoms with Gasteiger partial charge in [0.25, 0.3) is 0 Å². The second kappa shape index (κ2) is 5.91. The summed E-state index contributed by atoms with van der Waals surface area (Å²) >= 11 is 1.71. The lowest BCUT2D eigenvalue weighted by molar-refractivity contribution is 0.543. The second-order valence-electron chi connectivity index (χ2n) is 3.80. The largest absolute Gasteiger partial charge is 0.329 e. The van der Waals surface area contributed by atoms with E-state index < -0.39 is 0 Å². The highest BCUT2D eigenvalue weighted by Crippen LogP contribution is 2.15. The molecule has 0 saturated carbocycles. The van der Waals surface area contributed by atoms with Gasteiger partial charge in [0.05, 0.1) is 0 Å². The van der Waals surface area contributed by atoms with Crippen LogP contribution in [0.5, 0.6) is 0 Å². The second-order valence-corrected chi connectivity index (χ2v) is 4.83. The van der Waals surface area contributed by atoms with Crippen LogP contribution in [0, 0.1) is 5.82 Å². The molecular formula is C13H15FN2S. The predicted molar refractivity (Wildman–Crippen MR) is 69.4 cm³/mol. The van der Waals surface area contributed by atoms with Crippen LogP contribution in [0.3, 0.4) is 0 Å². The number of thiophene rings is 1. The van der Waals surface area contributed by atoms with Crippen molar-refractivity contribution in [3.8, 4) is 0 Å². The van der Waals surface area contributed by atoms with Gasteiger partial charge in [-0.25, -0.2) is 4.39 Å². The van der Waals surface area contributed by atoms with E-state index in [9.17, 15) is 4.39 Å². The van der Waals surface area contributed by atoms with Gasteiger partial charge in [-0.1, -0.05) is 18.2 Å². The molecule has 0 aliphatic rings. The average molecular weight is 250 g/mol. The monoisotopic (exact) mass is 250 g/mol. The van der Waals surface area contributed by atoms with Crippen molar-refractivity contribution in [2.24, 2.45) is 5.73 Å². The van der Waals surface area contributed by atoms with E-state index >= 15 is 0 Å². The molecule has 0 fully saturated rings. The summed E-state index contributed by atoms with van der Waals surface area (Å²) in [5.74, 6) is -0.220. The van der Waals surface area contributed by atoms with E-state index in [2.05, 4.69) is 11.4 Å². The van der Waals surface area contributed by atoms with Gasteiger partial charge in [-0.2, -0.15) is 0 Å². The maximum Gasteiger partial charge on any atom is 0.123 e. The number of rotatable bonds is 5. The van der Waals surface area contributed by atoms with E-state index in [0.717, 1.165) is 12.1 Å². The van der Waals surface area contributed by atoms with Gasteiger partial charge in [-0.05, 0) is 29.1 Å². The van der Waals surface area contributed by atoms with Crippen LogP contribution in [0.1, 0.15) is 16.5 Å². The van der Waals surface area contributed by atoms with Crippen LogP contribution in [0.15, 0.2) is 41.8 Å². The zero-order valence-corrected chi connectivity index (χ0v) is 10.2. The van der Waals surface area contributed by atoms with Crippen LogP contribution in [-0.4, -0.2) is 6.54 Å². The number of halogens is 1. The molecule has 1 heterocycles. The standard InChI is InChI=1S/C13H15FN2S/c14-11-5-3-10(4-6-11)13(8-15)16-9-12-2-1-7-17-12/h1-7,13,16H,8-9,15H2. The number of benzene rings is 1. The van der Waals surface area contributed by atoms with Crippen molar-refractivity contribution < 1.29 is 4.39 Å². The molecule has 1 aromatic carbocycles. The molecule has 3 N–H and O–H groups in total. The molecule has 0 amide bonds. The predicted octanol–water partition coefficient (Wildman–Crippen LogP) is 2.68. The fourth-order valence-corrected chi connectivity index (χ4v) is 2.33. The van der Waals surface area contributed by atoms with Crippen LogP contribution in [-0.2, 0) is 6.54 Å². The molecule has 1 atom stereocenters. The van der Waals surface area contributed by atoms with Gasteiger partial charge >= 0.3 is 0 Å². The summed E-state index contributed by atoms with van der Waals surface area (Å²) in [6.45, 7) is 1.29. The molecule has 17 heavy (non-hydrogen) atoms. The summed E-state index contributed by atoms with van der Waals surface area (Å²) in [5, 5.41) is 5.42. The van der Waals surface area contributed by atoms with Crippen molar-refractivity contribution in [2.75, 3.05) is 6.54 Å². The van der Waals surface area contributed by atoms with Gasteiger partial charge in [-0.15, -0.1) is 11.3 Å². The Morgan fingerprint density at radius 2 is 2.00 bits per heavy atom. The van der Waals surface area contributed by atoms with E-state index in [1.807, 2.05) is 11.4 Å². The lowest BCUT2D eigenvalue weighted by Crippen LogP contribution is -2.27. The highest BCUT2D eigenvalue weighted by Gasteiger charge is 2.09. The Bertz CT molecular complexity index is 439. The SMILES string of the molecule is NCC(NCc1cccs1)c1ccc(F)cc1. The van der Waals surface area contributed by atoms with Crippen LogP contribution >= 0.6 is 11.3 Å². The van der Waals surface area contributed by atoms with Crippen molar-refractivity contribution in [3.63, 3.8) is 0 Å². The van der Waals surface area contributed by atoms with Gasteiger partial charge in [0, 0.05) is 24.0 Å². The topological polar surface area (TPSA) is 38.0 Å². The van der Waals surface area contributed by atoms with Gasteiger partial charge in [0.2, 0.25) is 0 Å². The molecule has 2 rings (SSSR count). The first-order valence-corrected chi connectivity index (χ1v) is 6.39. The minimum atomic E-state index is -0.220. The lowest BCUT2D eigenvalue weighted by atomic mass is 10.1. The fraction of sp³-hybridized carbons (Fsp3) is 0.231. The lowest BCUT2D eigenvalue weighted by Gasteiger charge is -2.16. The van der Waals surface area contributed by atoms with E-state index in [-0.39, 0.29) is 11.9 Å². The third kappa shape index (κ3) is 3.36. The fourth-order valence-electron chi connectivity index (χ4n) is 1.67. The van der Waals surface area contributed by atoms with Gasteiger partial charge < -0.3 is 11.1 Å². The highest BCUT2D eigenvalue weighted by atomic mass is 32.1. The number of nitrogens with two attached hydrogens (primary N) is 1. The van der Waals surface area contributed by atoms with Crippen LogP contribution in [0.4, 0.5) is 4.39 Å². The van der Waals surface area contributed by atoms with Crippen molar-refractivity contribution in [3.05, 3.63) is 58.0 Å². The zero-order valence-electron chi connectivity index (χ0n) is 9.40. The molecular weight excluding hydrogens is 235 g/mol. The molecule has 90 valence electrons. The third-order valence-corrected chi connectivity index (χ3v) is 3.49. The van der Waals surface area contributed by atoms with Crippen molar-refractivity contribution >= 4 is 11.3 Å². The molecule has 0 bridgehead atoms. The van der Waals surface area contributed by atoms with Gasteiger partial charge in [0.1, 0.15) is 5.82 Å². The number of hydrogen-bond acceptors (Lipinski definition) is 3. The summed E-state index contributed by atoms with van der Waals surface area (Å²) in [6, 6.07) is 10.6. The van der Waals surface area contributed by atoms with E-state index in [4.69, 9.17) is 5.73 Å². The third-order valence-electron chi connectivity index (χ3n) is 2.61. The highest BCUT2D eigenvalue weighted by molar-refractivity contribution is 7.09. The Morgan fingerprint density at radius 1 is 1.24 bits per heavy atom. The smallest absolute Gasteiger partial charge is 0.123 e. The molecule has 1 unspecified atom stereocenters. The normalized spacial score (nSPS) is 12.6. The molecule has 0 spiro atoms. The maximum atomic E-state index is 12.8. The summed E-state index contributed by atoms with van der Waals surface area (Å²) < 4.78 is 12.8. The van der Waals surface area contributed by atoms with Crippen LogP contribution < -0.4 is 11.1 Å². The van der Waals surface area contributed by atoms with E-state index in [1.165, 1.54) is 17.0 Å². The Balaban J connectivity index is 1.99. The molecule has 1 aromatic heterocycles. The van der Waals surface area contributed by atoms with Gasteiger partial charge in [-0.3, -0.25) is 0 Å². The minimum Gasteiger partial charge on any atom is -0.329 e. The minimum absolute atomic E-state index is 0.0673. The van der Waals surface area contributed by atoms with E-state index in [0.29, 0.717) is 6.54 Å². The quantitative estimate of drug-likeness (QED) is 0.856. The molecule has 0 saturated heterocycles. The summed E-state index contributed by atoms with van der Waals surface area (Å²) in [7, 11) is 0. The summed E-state index contributed by atoms with van der Waals surface area (Å²) in [4.78, 5) is 1.27. The van der Waals surface area contributed by atoms with Crippen LogP contribution in [0.2, 0.25) is 0 Å². The van der Waals surface area contributed by atoms with Gasteiger partial charge in [0.15, 0.2) is 0 Å². The molecule has 0 radical (unpaired) electrons. The Morgan fingerprint density at radius 3 is 2.59 bits per heavy atom. The Labute approximate surface area is 104 Å². The van der Waals surface area contributed by atoms with Crippen molar-refractivity contribution in [2.45, 2.75) is 12.6 Å². The average Bonchev–Trinajstić information content (AvgIpc) is 2.85. The Hall–Kier alpha value is -1.23. The number of nitrogens with one attached hydrogen (secondary N) is 1. The molecule has 2 aromatic rings. The van der Waals surface area contributed by atoms with Crippen molar-refractivity contribution in [1.29, 1.82) is 0 Å². The molecule has 0 aliphatic carbocycles. The first-order valence-electron chi connectivity index (χ1n) is 5.51. The zero-order chi connectivity index (χ0) is 12.1. The molecule has 2 nitrogen and oxygen atoms in total. The summed E-state index contributed by atoms with van der Waals surface area (Å²) in [6.07, 6.45) is 0. The maximum absolute atomic E-state index is 12.8. The molecule has 4 heteroatoms. The molecule has 0 aliphatic heterocycles. The van der Waals surface area contributed by atoms with E-state index in [1.54, 1.807) is 23.5 Å². The Kier molecular flexibility index (Phi) is 4.25. The number of hydrogen-bond donors (Lipinski definition) is 2. The first-order chi connectivity index (χ1) is 8.29.